The molecule has 71 heavy (non-hydrogen) atoms. The number of ether oxygens (including phenoxy) is 1. The SMILES string of the molecule is CCCCC/C=C\CCCCCCCC(=O)OCCCCCCCCCCCCC/C=C\CCCCCCCCCC(=O)NC(CO)C(O)/C=C/CCCCCCCCCCCCCCCCCCCC. The van der Waals surface area contributed by atoms with Crippen LogP contribution in [0.1, 0.15) is 341 Å². The minimum Gasteiger partial charge on any atom is -0.466 e. The van der Waals surface area contributed by atoms with Crippen LogP contribution in [0.3, 0.4) is 0 Å². The minimum atomic E-state index is -0.850. The van der Waals surface area contributed by atoms with Gasteiger partial charge in [-0.2, -0.15) is 0 Å². The zero-order valence-corrected chi connectivity index (χ0v) is 47.7. The lowest BCUT2D eigenvalue weighted by atomic mass is 10.0. The number of esters is 1. The third kappa shape index (κ3) is 57.2. The summed E-state index contributed by atoms with van der Waals surface area (Å²) in [5.41, 5.74) is 0. The quantitative estimate of drug-likeness (QED) is 0.0321. The second-order valence-corrected chi connectivity index (χ2v) is 21.7. The van der Waals surface area contributed by atoms with Crippen molar-refractivity contribution in [3.8, 4) is 0 Å². The first-order valence-electron chi connectivity index (χ1n) is 31.8. The number of carbonyl (C=O) groups excluding carboxylic acids is 2. The summed E-state index contributed by atoms with van der Waals surface area (Å²) in [7, 11) is 0. The van der Waals surface area contributed by atoms with Crippen molar-refractivity contribution in [1.29, 1.82) is 0 Å². The highest BCUT2D eigenvalue weighted by Crippen LogP contribution is 2.17. The average molecular weight is 999 g/mol. The van der Waals surface area contributed by atoms with E-state index in [0.717, 1.165) is 51.4 Å². The maximum Gasteiger partial charge on any atom is 0.305 e. The summed E-state index contributed by atoms with van der Waals surface area (Å²) in [4.78, 5) is 24.5. The first-order valence-corrected chi connectivity index (χ1v) is 31.8. The van der Waals surface area contributed by atoms with E-state index in [4.69, 9.17) is 4.74 Å². The lowest BCUT2D eigenvalue weighted by Gasteiger charge is -2.20. The molecule has 0 fully saturated rings. The van der Waals surface area contributed by atoms with Gasteiger partial charge >= 0.3 is 5.97 Å². The topological polar surface area (TPSA) is 95.9 Å². The second-order valence-electron chi connectivity index (χ2n) is 21.7. The van der Waals surface area contributed by atoms with Gasteiger partial charge in [-0.3, -0.25) is 9.59 Å². The molecule has 6 nitrogen and oxygen atoms in total. The van der Waals surface area contributed by atoms with Crippen LogP contribution in [-0.2, 0) is 14.3 Å². The molecule has 0 spiro atoms. The number of allylic oxidation sites excluding steroid dienone is 5. The number of carbonyl (C=O) groups is 2. The van der Waals surface area contributed by atoms with E-state index in [0.29, 0.717) is 19.4 Å². The average Bonchev–Trinajstić information content (AvgIpc) is 3.37. The first kappa shape index (κ1) is 69.1. The molecule has 0 saturated heterocycles. The Morgan fingerprint density at radius 3 is 1.03 bits per heavy atom. The molecule has 0 rings (SSSR count). The normalized spacial score (nSPS) is 12.8. The molecule has 418 valence electrons. The van der Waals surface area contributed by atoms with E-state index >= 15 is 0 Å². The lowest BCUT2D eigenvalue weighted by molar-refractivity contribution is -0.143. The maximum absolute atomic E-state index is 12.5. The van der Waals surface area contributed by atoms with E-state index in [2.05, 4.69) is 43.5 Å². The molecule has 6 heteroatoms. The highest BCUT2D eigenvalue weighted by molar-refractivity contribution is 5.76. The smallest absolute Gasteiger partial charge is 0.305 e. The zero-order valence-electron chi connectivity index (χ0n) is 47.7. The Morgan fingerprint density at radius 2 is 0.662 bits per heavy atom. The molecule has 0 heterocycles. The molecule has 0 aromatic carbocycles. The number of hydrogen-bond donors (Lipinski definition) is 3. The number of amides is 1. The van der Waals surface area contributed by atoms with Gasteiger partial charge in [0.15, 0.2) is 0 Å². The van der Waals surface area contributed by atoms with Crippen molar-refractivity contribution in [2.75, 3.05) is 13.2 Å². The Hall–Kier alpha value is -1.92. The highest BCUT2D eigenvalue weighted by atomic mass is 16.5. The third-order valence-corrected chi connectivity index (χ3v) is 14.6. The molecular formula is C65H123NO5. The van der Waals surface area contributed by atoms with Crippen molar-refractivity contribution in [2.45, 2.75) is 353 Å². The van der Waals surface area contributed by atoms with Gasteiger partial charge in [-0.1, -0.05) is 281 Å². The van der Waals surface area contributed by atoms with E-state index in [1.807, 2.05) is 6.08 Å². The summed E-state index contributed by atoms with van der Waals surface area (Å²) in [5, 5.41) is 23.2. The number of aliphatic hydroxyl groups excluding tert-OH is 2. The van der Waals surface area contributed by atoms with Gasteiger partial charge in [-0.25, -0.2) is 0 Å². The summed E-state index contributed by atoms with van der Waals surface area (Å²) in [5.74, 6) is -0.0733. The van der Waals surface area contributed by atoms with Crippen LogP contribution in [0.25, 0.3) is 0 Å². The van der Waals surface area contributed by atoms with E-state index in [9.17, 15) is 19.8 Å². The molecule has 0 saturated carbocycles. The van der Waals surface area contributed by atoms with Gasteiger partial charge in [0, 0.05) is 12.8 Å². The van der Waals surface area contributed by atoms with Crippen LogP contribution in [0.5, 0.6) is 0 Å². The zero-order chi connectivity index (χ0) is 51.4. The molecule has 0 bridgehead atoms. The van der Waals surface area contributed by atoms with Crippen LogP contribution in [0, 0.1) is 0 Å². The number of unbranched alkanes of at least 4 members (excludes halogenated alkanes) is 44. The van der Waals surface area contributed by atoms with E-state index in [1.165, 1.54) is 263 Å². The highest BCUT2D eigenvalue weighted by Gasteiger charge is 2.18. The lowest BCUT2D eigenvalue weighted by Crippen LogP contribution is -2.45. The Balaban J connectivity index is 3.46. The Labute approximate surface area is 443 Å². The van der Waals surface area contributed by atoms with Crippen molar-refractivity contribution < 1.29 is 24.5 Å². The van der Waals surface area contributed by atoms with Crippen LogP contribution in [0.2, 0.25) is 0 Å². The summed E-state index contributed by atoms with van der Waals surface area (Å²) in [6.07, 6.45) is 76.2. The van der Waals surface area contributed by atoms with Crippen LogP contribution < -0.4 is 5.32 Å². The molecule has 0 aliphatic rings. The molecule has 3 N–H and O–H groups in total. The van der Waals surface area contributed by atoms with Crippen molar-refractivity contribution in [3.63, 3.8) is 0 Å². The molecule has 0 aliphatic carbocycles. The van der Waals surface area contributed by atoms with E-state index in [1.54, 1.807) is 6.08 Å². The number of aliphatic hydroxyl groups is 2. The van der Waals surface area contributed by atoms with E-state index in [-0.39, 0.29) is 18.5 Å². The first-order chi connectivity index (χ1) is 35.0. The summed E-state index contributed by atoms with van der Waals surface area (Å²) in [6.45, 7) is 4.89. The Bertz CT molecular complexity index is 1150. The summed E-state index contributed by atoms with van der Waals surface area (Å²) in [6, 6.07) is -0.634. The number of nitrogens with one attached hydrogen (secondary N) is 1. The largest absolute Gasteiger partial charge is 0.466 e. The molecule has 0 aromatic rings. The van der Waals surface area contributed by atoms with Crippen molar-refractivity contribution in [3.05, 3.63) is 36.5 Å². The third-order valence-electron chi connectivity index (χ3n) is 14.6. The molecule has 2 atom stereocenters. The molecule has 1 amide bonds. The van der Waals surface area contributed by atoms with Crippen molar-refractivity contribution in [1.82, 2.24) is 5.32 Å². The molecule has 0 aromatic heterocycles. The van der Waals surface area contributed by atoms with Crippen LogP contribution in [0.4, 0.5) is 0 Å². The van der Waals surface area contributed by atoms with Gasteiger partial charge in [0.05, 0.1) is 25.4 Å². The predicted molar refractivity (Wildman–Crippen MR) is 310 cm³/mol. The number of hydrogen-bond acceptors (Lipinski definition) is 5. The Kier molecular flexibility index (Phi) is 59.0. The Morgan fingerprint density at radius 1 is 0.380 bits per heavy atom. The fourth-order valence-corrected chi connectivity index (χ4v) is 9.74. The maximum atomic E-state index is 12.5. The fourth-order valence-electron chi connectivity index (χ4n) is 9.74. The van der Waals surface area contributed by atoms with Gasteiger partial charge in [-0.15, -0.1) is 0 Å². The van der Waals surface area contributed by atoms with Crippen molar-refractivity contribution in [2.24, 2.45) is 0 Å². The molecule has 0 aliphatic heterocycles. The van der Waals surface area contributed by atoms with Gasteiger partial charge < -0.3 is 20.3 Å². The standard InChI is InChI=1S/C65H123NO5/c1-3-5-7-9-11-13-15-17-18-19-20-25-28-31-34-37-41-45-49-53-57-63(68)62(61-67)66-64(69)58-54-50-46-42-38-35-32-29-26-23-21-22-24-27-30-33-36-40-44-48-52-56-60-71-65(70)59-55-51-47-43-39-16-14-12-10-8-6-4-2/h12,14,23,26,53,57,62-63,67-68H,3-11,13,15-22,24-25,27-52,54-56,58-61H2,1-2H3,(H,66,69)/b14-12-,26-23-,57-53+. The van der Waals surface area contributed by atoms with Gasteiger partial charge in [-0.05, 0) is 83.5 Å². The van der Waals surface area contributed by atoms with Gasteiger partial charge in [0.2, 0.25) is 5.91 Å². The number of rotatable bonds is 59. The summed E-state index contributed by atoms with van der Waals surface area (Å²) >= 11 is 0. The second kappa shape index (κ2) is 60.6. The molecular weight excluding hydrogens is 875 g/mol. The van der Waals surface area contributed by atoms with Crippen molar-refractivity contribution >= 4 is 11.9 Å². The van der Waals surface area contributed by atoms with Gasteiger partial charge in [0.1, 0.15) is 0 Å². The minimum absolute atomic E-state index is 0.000641. The van der Waals surface area contributed by atoms with E-state index < -0.39 is 12.1 Å². The fraction of sp³-hybridized carbons (Fsp3) is 0.877. The van der Waals surface area contributed by atoms with Crippen LogP contribution in [0.15, 0.2) is 36.5 Å². The monoisotopic (exact) mass is 998 g/mol. The summed E-state index contributed by atoms with van der Waals surface area (Å²) < 4.78 is 5.46. The molecule has 0 radical (unpaired) electrons. The van der Waals surface area contributed by atoms with Gasteiger partial charge in [0.25, 0.3) is 0 Å². The van der Waals surface area contributed by atoms with Crippen LogP contribution >= 0.6 is 0 Å². The predicted octanol–water partition coefficient (Wildman–Crippen LogP) is 20.0. The van der Waals surface area contributed by atoms with Crippen LogP contribution in [-0.4, -0.2) is 47.4 Å². The molecule has 2 unspecified atom stereocenters.